The number of alkyl halides is 6. The van der Waals surface area contributed by atoms with Gasteiger partial charge in [-0.2, -0.15) is 26.3 Å². The lowest BCUT2D eigenvalue weighted by Gasteiger charge is -2.23. The molecule has 0 aliphatic carbocycles. The van der Waals surface area contributed by atoms with Gasteiger partial charge >= 0.3 is 24.0 Å². The number of thioether (sulfide) groups is 1. The van der Waals surface area contributed by atoms with Crippen LogP contribution in [0.5, 0.6) is 0 Å². The van der Waals surface area contributed by atoms with Crippen molar-refractivity contribution in [2.45, 2.75) is 48.9 Å². The van der Waals surface area contributed by atoms with E-state index in [1.54, 1.807) is 13.8 Å². The summed E-state index contributed by atoms with van der Waals surface area (Å²) in [7, 11) is 0.797. The largest absolute Gasteiger partial charge is 0.491 e. The lowest BCUT2D eigenvalue weighted by atomic mass is 10.2. The van der Waals surface area contributed by atoms with E-state index in [1.807, 2.05) is 0 Å². The summed E-state index contributed by atoms with van der Waals surface area (Å²) in [6, 6.07) is 4.84. The van der Waals surface area contributed by atoms with Crippen LogP contribution in [0.1, 0.15) is 25.6 Å². The summed E-state index contributed by atoms with van der Waals surface area (Å²) in [5.74, 6) is -3.80. The van der Waals surface area contributed by atoms with Crippen molar-refractivity contribution < 1.29 is 40.3 Å². The molecule has 0 amide bonds. The molecular weight excluding hydrogens is 551 g/mol. The Morgan fingerprint density at radius 1 is 1.11 bits per heavy atom. The average Bonchev–Trinajstić information content (AvgIpc) is 3.13. The topological polar surface area (TPSA) is 114 Å². The van der Waals surface area contributed by atoms with Gasteiger partial charge in [0.05, 0.1) is 6.54 Å². The highest BCUT2D eigenvalue weighted by Crippen LogP contribution is 2.37. The van der Waals surface area contributed by atoms with E-state index in [-0.39, 0.29) is 27.4 Å². The monoisotopic (exact) mass is 571 g/mol. The van der Waals surface area contributed by atoms with Crippen molar-refractivity contribution >= 4 is 28.9 Å². The molecule has 0 aliphatic rings. The third-order valence-electron chi connectivity index (χ3n) is 5.22. The Kier molecular flexibility index (Phi) is 7.76. The van der Waals surface area contributed by atoms with Crippen LogP contribution in [0, 0.1) is 5.82 Å². The number of ether oxygens (including phenoxy) is 1. The van der Waals surface area contributed by atoms with E-state index in [0.717, 1.165) is 35.5 Å². The van der Waals surface area contributed by atoms with Gasteiger partial charge in [-0.1, -0.05) is 23.9 Å². The van der Waals surface area contributed by atoms with E-state index in [0.29, 0.717) is 5.56 Å². The van der Waals surface area contributed by atoms with E-state index >= 15 is 0 Å². The summed E-state index contributed by atoms with van der Waals surface area (Å²) in [6.45, 7) is 3.06. The number of hydrogen-bond donors (Lipinski definition) is 1. The van der Waals surface area contributed by atoms with Crippen molar-refractivity contribution in [2.75, 3.05) is 6.54 Å². The molecule has 0 saturated heterocycles. The number of esters is 1. The van der Waals surface area contributed by atoms with Crippen molar-refractivity contribution in [3.05, 3.63) is 56.5 Å². The molecule has 2 N–H and O–H groups in total. The summed E-state index contributed by atoms with van der Waals surface area (Å²) in [5, 5.41) is -0.126. The van der Waals surface area contributed by atoms with Crippen LogP contribution in [0.3, 0.4) is 0 Å². The van der Waals surface area contributed by atoms with Crippen molar-refractivity contribution in [1.29, 1.82) is 0 Å². The molecule has 38 heavy (non-hydrogen) atoms. The Labute approximate surface area is 213 Å². The quantitative estimate of drug-likeness (QED) is 0.264. The summed E-state index contributed by atoms with van der Waals surface area (Å²) in [4.78, 5) is 41.3. The Hall–Kier alpha value is -3.34. The minimum Gasteiger partial charge on any atom is -0.424 e. The highest BCUT2D eigenvalue weighted by molar-refractivity contribution is 8.00. The zero-order valence-electron chi connectivity index (χ0n) is 19.9. The van der Waals surface area contributed by atoms with Crippen LogP contribution in [0.15, 0.2) is 39.0 Å². The first kappa shape index (κ1) is 29.2. The average molecular weight is 571 g/mol. The Balaban J connectivity index is 2.40. The minimum absolute atomic E-state index is 0.0244. The summed E-state index contributed by atoms with van der Waals surface area (Å²) < 4.78 is 97.5. The standard InChI is InChI=1S/C21H20F7N5O4S/c1-19(2,9-29)38-17-30-13-12(32(17)8-10-4-6-11(22)7-5-10)14(34)31(3)18(36)33(13)15(20(23,24)25)37-16(35)21(26,27)28/h4-7,15H,8-9,29H2,1-3H3. The first-order chi connectivity index (χ1) is 17.4. The molecule has 17 heteroatoms. The molecule has 9 nitrogen and oxygen atoms in total. The normalized spacial score (nSPS) is 13.7. The molecule has 0 radical (unpaired) electrons. The number of benzene rings is 1. The van der Waals surface area contributed by atoms with Gasteiger partial charge in [0, 0.05) is 18.3 Å². The molecule has 3 rings (SSSR count). The predicted molar refractivity (Wildman–Crippen MR) is 121 cm³/mol. The number of carbonyl (C=O) groups is 1. The maximum atomic E-state index is 13.9. The van der Waals surface area contributed by atoms with Gasteiger partial charge in [-0.15, -0.1) is 0 Å². The molecule has 1 unspecified atom stereocenters. The molecule has 3 aromatic rings. The molecule has 2 aromatic heterocycles. The van der Waals surface area contributed by atoms with Gasteiger partial charge in [0.1, 0.15) is 5.82 Å². The number of imidazole rings is 1. The Morgan fingerprint density at radius 2 is 1.68 bits per heavy atom. The first-order valence-electron chi connectivity index (χ1n) is 10.6. The van der Waals surface area contributed by atoms with Gasteiger partial charge in [0.2, 0.25) is 0 Å². The molecule has 0 fully saturated rings. The lowest BCUT2D eigenvalue weighted by molar-refractivity contribution is -0.264. The number of hydrogen-bond acceptors (Lipinski definition) is 7. The van der Waals surface area contributed by atoms with Crippen LogP contribution in [-0.2, 0) is 23.1 Å². The third kappa shape index (κ3) is 5.87. The number of carbonyl (C=O) groups excluding carboxylic acids is 1. The number of nitrogens with two attached hydrogens (primary N) is 1. The smallest absolute Gasteiger partial charge is 0.424 e. The van der Waals surface area contributed by atoms with Gasteiger partial charge in [0.15, 0.2) is 16.3 Å². The molecular formula is C21H20F7N5O4S. The fourth-order valence-corrected chi connectivity index (χ4v) is 4.20. The second kappa shape index (κ2) is 10.1. The molecule has 0 bridgehead atoms. The molecule has 1 aromatic carbocycles. The van der Waals surface area contributed by atoms with E-state index in [9.17, 15) is 45.1 Å². The molecule has 208 valence electrons. The zero-order valence-corrected chi connectivity index (χ0v) is 20.7. The van der Waals surface area contributed by atoms with Crippen LogP contribution < -0.4 is 17.0 Å². The van der Waals surface area contributed by atoms with Gasteiger partial charge in [-0.05, 0) is 31.5 Å². The second-order valence-corrected chi connectivity index (χ2v) is 10.3. The van der Waals surface area contributed by atoms with Crippen molar-refractivity contribution in [3.8, 4) is 0 Å². The minimum atomic E-state index is -5.82. The van der Waals surface area contributed by atoms with E-state index in [2.05, 4.69) is 9.72 Å². The molecule has 2 heterocycles. The maximum Gasteiger partial charge on any atom is 0.491 e. The van der Waals surface area contributed by atoms with Crippen LogP contribution in [-0.4, -0.2) is 48.3 Å². The Morgan fingerprint density at radius 3 is 2.18 bits per heavy atom. The highest BCUT2D eigenvalue weighted by Gasteiger charge is 2.52. The molecule has 0 spiro atoms. The third-order valence-corrected chi connectivity index (χ3v) is 6.43. The number of aromatic nitrogens is 4. The summed E-state index contributed by atoms with van der Waals surface area (Å²) >= 11 is 0.907. The lowest BCUT2D eigenvalue weighted by Crippen LogP contribution is -2.46. The fraction of sp³-hybridized carbons (Fsp3) is 0.429. The highest BCUT2D eigenvalue weighted by atomic mass is 32.2. The summed E-state index contributed by atoms with van der Waals surface area (Å²) in [5.41, 5.74) is 1.66. The van der Waals surface area contributed by atoms with Crippen LogP contribution in [0.4, 0.5) is 30.7 Å². The molecule has 0 saturated carbocycles. The number of nitrogens with zero attached hydrogens (tertiary/aromatic N) is 4. The second-order valence-electron chi connectivity index (χ2n) is 8.66. The Bertz CT molecular complexity index is 1470. The van der Waals surface area contributed by atoms with E-state index in [4.69, 9.17) is 5.73 Å². The predicted octanol–water partition coefficient (Wildman–Crippen LogP) is 3.08. The number of fused-ring (bicyclic) bond motifs is 1. The van der Waals surface area contributed by atoms with Gasteiger partial charge in [0.25, 0.3) is 11.8 Å². The zero-order chi connectivity index (χ0) is 28.8. The van der Waals surface area contributed by atoms with Crippen LogP contribution in [0.2, 0.25) is 0 Å². The number of rotatable bonds is 7. The van der Waals surface area contributed by atoms with E-state index in [1.165, 1.54) is 12.1 Å². The number of halogens is 7. The fourth-order valence-electron chi connectivity index (χ4n) is 3.23. The molecule has 1 atom stereocenters. The van der Waals surface area contributed by atoms with Crippen LogP contribution >= 0.6 is 11.8 Å². The summed E-state index contributed by atoms with van der Waals surface area (Å²) in [6.07, 6.45) is -15.3. The van der Waals surface area contributed by atoms with Gasteiger partial charge in [-0.3, -0.25) is 9.36 Å². The van der Waals surface area contributed by atoms with Gasteiger partial charge < -0.3 is 15.0 Å². The van der Waals surface area contributed by atoms with Crippen molar-refractivity contribution in [1.82, 2.24) is 18.7 Å². The van der Waals surface area contributed by atoms with Crippen molar-refractivity contribution in [3.63, 3.8) is 0 Å². The SMILES string of the molecule is Cn1c(=O)c2c(nc(SC(C)(C)CN)n2Cc2ccc(F)cc2)n(C(OC(=O)C(F)(F)F)C(F)(F)F)c1=O. The molecule has 0 aliphatic heterocycles. The van der Waals surface area contributed by atoms with E-state index < -0.39 is 57.5 Å². The van der Waals surface area contributed by atoms with Crippen LogP contribution in [0.25, 0.3) is 11.2 Å². The van der Waals surface area contributed by atoms with Crippen molar-refractivity contribution in [2.24, 2.45) is 12.8 Å². The maximum absolute atomic E-state index is 13.9. The van der Waals surface area contributed by atoms with Gasteiger partial charge in [-0.25, -0.2) is 23.5 Å². The first-order valence-corrected chi connectivity index (χ1v) is 11.4.